The Bertz CT molecular complexity index is 148. The Labute approximate surface area is 92.5 Å². The van der Waals surface area contributed by atoms with Crippen LogP contribution in [0.25, 0.3) is 0 Å². The van der Waals surface area contributed by atoms with Gasteiger partial charge in [0, 0.05) is 26.8 Å². The van der Waals surface area contributed by atoms with Crippen LogP contribution in [0.15, 0.2) is 0 Å². The van der Waals surface area contributed by atoms with E-state index < -0.39 is 0 Å². The summed E-state index contributed by atoms with van der Waals surface area (Å²) in [5.74, 6) is 0.861. The summed E-state index contributed by atoms with van der Waals surface area (Å²) in [4.78, 5) is 0. The van der Waals surface area contributed by atoms with E-state index in [0.717, 1.165) is 38.6 Å². The van der Waals surface area contributed by atoms with Crippen LogP contribution in [0, 0.1) is 5.92 Å². The van der Waals surface area contributed by atoms with Crippen molar-refractivity contribution in [2.75, 3.05) is 40.0 Å². The summed E-state index contributed by atoms with van der Waals surface area (Å²) in [5, 5.41) is 3.32. The molecule has 0 radical (unpaired) electrons. The van der Waals surface area contributed by atoms with Crippen molar-refractivity contribution in [2.24, 2.45) is 11.7 Å². The van der Waals surface area contributed by atoms with Crippen molar-refractivity contribution in [1.82, 2.24) is 5.32 Å². The molecule has 1 rings (SSSR count). The van der Waals surface area contributed by atoms with Crippen LogP contribution in [0.4, 0.5) is 0 Å². The van der Waals surface area contributed by atoms with E-state index >= 15 is 0 Å². The van der Waals surface area contributed by atoms with Crippen molar-refractivity contribution in [3.63, 3.8) is 0 Å². The van der Waals surface area contributed by atoms with Gasteiger partial charge in [0.25, 0.3) is 0 Å². The van der Waals surface area contributed by atoms with Gasteiger partial charge in [0.15, 0.2) is 0 Å². The van der Waals surface area contributed by atoms with Crippen LogP contribution in [0.1, 0.15) is 19.3 Å². The molecule has 0 amide bonds. The summed E-state index contributed by atoms with van der Waals surface area (Å²) < 4.78 is 10.7. The van der Waals surface area contributed by atoms with Crippen LogP contribution in [0.5, 0.6) is 0 Å². The lowest BCUT2D eigenvalue weighted by molar-refractivity contribution is 0.0991. The molecule has 0 aromatic rings. The molecule has 0 spiro atoms. The zero-order valence-corrected chi connectivity index (χ0v) is 9.71. The predicted octanol–water partition coefficient (Wildman–Crippen LogP) is 0.366. The lowest BCUT2D eigenvalue weighted by Gasteiger charge is -2.12. The number of hydrogen-bond acceptors (Lipinski definition) is 4. The first-order valence-electron chi connectivity index (χ1n) is 5.88. The molecule has 0 aliphatic heterocycles. The van der Waals surface area contributed by atoms with Crippen LogP contribution in [-0.4, -0.2) is 46.1 Å². The van der Waals surface area contributed by atoms with Gasteiger partial charge in [-0.3, -0.25) is 0 Å². The molecule has 1 unspecified atom stereocenters. The number of ether oxygens (including phenoxy) is 2. The quantitative estimate of drug-likeness (QED) is 0.518. The van der Waals surface area contributed by atoms with Crippen molar-refractivity contribution in [3.8, 4) is 0 Å². The first-order chi connectivity index (χ1) is 7.36. The highest BCUT2D eigenvalue weighted by molar-refractivity contribution is 4.71. The van der Waals surface area contributed by atoms with Gasteiger partial charge >= 0.3 is 0 Å². The fourth-order valence-electron chi connectivity index (χ4n) is 1.40. The van der Waals surface area contributed by atoms with Crippen LogP contribution < -0.4 is 11.1 Å². The number of methoxy groups -OCH3 is 1. The summed E-state index contributed by atoms with van der Waals surface area (Å²) in [6, 6.07) is 0. The van der Waals surface area contributed by atoms with E-state index in [1.165, 1.54) is 12.8 Å². The van der Waals surface area contributed by atoms with Gasteiger partial charge in [0.1, 0.15) is 0 Å². The molecule has 1 fully saturated rings. The number of nitrogens with two attached hydrogens (primary N) is 1. The number of hydrogen-bond donors (Lipinski definition) is 2. The summed E-state index contributed by atoms with van der Waals surface area (Å²) in [6.45, 7) is 4.23. The van der Waals surface area contributed by atoms with E-state index in [4.69, 9.17) is 15.2 Å². The molecule has 0 heterocycles. The van der Waals surface area contributed by atoms with Crippen molar-refractivity contribution in [1.29, 1.82) is 0 Å². The molecule has 0 aromatic heterocycles. The highest BCUT2D eigenvalue weighted by atomic mass is 16.5. The zero-order valence-electron chi connectivity index (χ0n) is 9.71. The maximum atomic E-state index is 5.51. The summed E-state index contributed by atoms with van der Waals surface area (Å²) in [6.07, 6.45) is 3.87. The van der Waals surface area contributed by atoms with Crippen LogP contribution in [0.3, 0.4) is 0 Å². The van der Waals surface area contributed by atoms with Gasteiger partial charge in [-0.15, -0.1) is 0 Å². The second-order valence-electron chi connectivity index (χ2n) is 4.15. The fraction of sp³-hybridized carbons (Fsp3) is 1.00. The van der Waals surface area contributed by atoms with E-state index in [2.05, 4.69) is 5.32 Å². The van der Waals surface area contributed by atoms with Gasteiger partial charge in [-0.1, -0.05) is 0 Å². The average Bonchev–Trinajstić information content (AvgIpc) is 3.06. The molecule has 0 aromatic carbocycles. The minimum Gasteiger partial charge on any atom is -0.380 e. The third kappa shape index (κ3) is 6.84. The minimum absolute atomic E-state index is 0.185. The van der Waals surface area contributed by atoms with Crippen LogP contribution in [0.2, 0.25) is 0 Å². The molecule has 15 heavy (non-hydrogen) atoms. The number of nitrogens with one attached hydrogen (secondary N) is 1. The number of rotatable bonds is 10. The van der Waals surface area contributed by atoms with Gasteiger partial charge in [-0.2, -0.15) is 0 Å². The van der Waals surface area contributed by atoms with Gasteiger partial charge in [0.05, 0.1) is 12.7 Å². The second-order valence-corrected chi connectivity index (χ2v) is 4.15. The van der Waals surface area contributed by atoms with E-state index in [-0.39, 0.29) is 6.10 Å². The molecular weight excluding hydrogens is 192 g/mol. The average molecular weight is 216 g/mol. The van der Waals surface area contributed by atoms with Crippen LogP contribution >= 0.6 is 0 Å². The highest BCUT2D eigenvalue weighted by Crippen LogP contribution is 2.28. The molecule has 1 aliphatic rings. The van der Waals surface area contributed by atoms with Crippen molar-refractivity contribution >= 4 is 0 Å². The maximum absolute atomic E-state index is 5.51. The van der Waals surface area contributed by atoms with Gasteiger partial charge in [0.2, 0.25) is 0 Å². The van der Waals surface area contributed by atoms with Crippen molar-refractivity contribution < 1.29 is 9.47 Å². The van der Waals surface area contributed by atoms with E-state index in [1.807, 2.05) is 0 Å². The lowest BCUT2D eigenvalue weighted by atomic mass is 10.2. The summed E-state index contributed by atoms with van der Waals surface area (Å²) >= 11 is 0. The molecule has 4 heteroatoms. The molecule has 4 nitrogen and oxygen atoms in total. The second kappa shape index (κ2) is 8.05. The highest BCUT2D eigenvalue weighted by Gasteiger charge is 2.20. The Balaban J connectivity index is 1.75. The van der Waals surface area contributed by atoms with E-state index in [9.17, 15) is 0 Å². The minimum atomic E-state index is 0.185. The normalized spacial score (nSPS) is 18.0. The first kappa shape index (κ1) is 12.9. The summed E-state index contributed by atoms with van der Waals surface area (Å²) in [5.41, 5.74) is 5.51. The third-order valence-electron chi connectivity index (χ3n) is 2.71. The fourth-order valence-corrected chi connectivity index (χ4v) is 1.40. The smallest absolute Gasteiger partial charge is 0.0705 e. The van der Waals surface area contributed by atoms with Gasteiger partial charge in [-0.25, -0.2) is 0 Å². The Hall–Kier alpha value is -0.160. The zero-order chi connectivity index (χ0) is 10.9. The predicted molar refractivity (Wildman–Crippen MR) is 60.9 cm³/mol. The topological polar surface area (TPSA) is 56.5 Å². The molecule has 90 valence electrons. The molecule has 0 bridgehead atoms. The Morgan fingerprint density at radius 2 is 2.20 bits per heavy atom. The van der Waals surface area contributed by atoms with Gasteiger partial charge in [-0.05, 0) is 31.7 Å². The van der Waals surface area contributed by atoms with E-state index in [0.29, 0.717) is 6.54 Å². The Kier molecular flexibility index (Phi) is 6.92. The largest absolute Gasteiger partial charge is 0.380 e. The lowest BCUT2D eigenvalue weighted by Crippen LogP contribution is -2.29. The monoisotopic (exact) mass is 216 g/mol. The maximum Gasteiger partial charge on any atom is 0.0705 e. The van der Waals surface area contributed by atoms with Crippen molar-refractivity contribution in [2.45, 2.75) is 25.4 Å². The van der Waals surface area contributed by atoms with Gasteiger partial charge < -0.3 is 20.5 Å². The van der Waals surface area contributed by atoms with E-state index in [1.54, 1.807) is 7.11 Å². The Morgan fingerprint density at radius 1 is 1.40 bits per heavy atom. The Morgan fingerprint density at radius 3 is 2.80 bits per heavy atom. The third-order valence-corrected chi connectivity index (χ3v) is 2.71. The molecule has 0 saturated heterocycles. The SMILES string of the molecule is COC(CN)CCNCCOCC1CC1. The molecular formula is C11H24N2O2. The standard InChI is InChI=1S/C11H24N2O2/c1-14-11(8-12)4-5-13-6-7-15-9-10-2-3-10/h10-11,13H,2-9,12H2,1H3. The first-order valence-corrected chi connectivity index (χ1v) is 5.88. The molecule has 1 aliphatic carbocycles. The van der Waals surface area contributed by atoms with Crippen molar-refractivity contribution in [3.05, 3.63) is 0 Å². The van der Waals surface area contributed by atoms with Crippen LogP contribution in [-0.2, 0) is 9.47 Å². The molecule has 3 N–H and O–H groups in total. The molecule has 1 atom stereocenters. The summed E-state index contributed by atoms with van der Waals surface area (Å²) in [7, 11) is 1.70. The molecule has 1 saturated carbocycles.